The smallest absolute Gasteiger partial charge is 0.313 e. The molecule has 0 saturated carbocycles. The molecule has 20 heavy (non-hydrogen) atoms. The van der Waals surface area contributed by atoms with Gasteiger partial charge in [-0.2, -0.15) is 0 Å². The van der Waals surface area contributed by atoms with Crippen LogP contribution >= 0.6 is 0 Å². The lowest BCUT2D eigenvalue weighted by atomic mass is 9.85. The van der Waals surface area contributed by atoms with Gasteiger partial charge in [-0.15, -0.1) is 0 Å². The van der Waals surface area contributed by atoms with E-state index >= 15 is 0 Å². The number of carbonyl (C=O) groups excluding carboxylic acids is 1. The number of carbonyl (C=O) groups is 2. The second kappa shape index (κ2) is 5.25. The van der Waals surface area contributed by atoms with E-state index in [0.29, 0.717) is 5.56 Å². The van der Waals surface area contributed by atoms with Crippen LogP contribution < -0.4 is 5.32 Å². The van der Waals surface area contributed by atoms with Crippen LogP contribution in [0.3, 0.4) is 0 Å². The maximum Gasteiger partial charge on any atom is 0.313 e. The van der Waals surface area contributed by atoms with Gasteiger partial charge in [0.1, 0.15) is 5.41 Å². The van der Waals surface area contributed by atoms with Crippen LogP contribution in [0.25, 0.3) is 0 Å². The normalized spacial score (nSPS) is 25.4. The van der Waals surface area contributed by atoms with Crippen molar-refractivity contribution in [2.24, 2.45) is 5.41 Å². The Kier molecular flexibility index (Phi) is 3.81. The SMILES string of the molecule is Cc1cc(C)cc(C(=O)NC2COCC2(C)C(=O)O)c1. The summed E-state index contributed by atoms with van der Waals surface area (Å²) in [4.78, 5) is 23.6. The zero-order valence-electron chi connectivity index (χ0n) is 11.9. The van der Waals surface area contributed by atoms with Gasteiger partial charge in [0.15, 0.2) is 0 Å². The van der Waals surface area contributed by atoms with E-state index in [1.807, 2.05) is 19.9 Å². The number of amides is 1. The van der Waals surface area contributed by atoms with Gasteiger partial charge in [0, 0.05) is 5.56 Å². The molecule has 1 aliphatic rings. The molecule has 1 fully saturated rings. The zero-order valence-corrected chi connectivity index (χ0v) is 11.9. The van der Waals surface area contributed by atoms with Gasteiger partial charge in [0.2, 0.25) is 0 Å². The van der Waals surface area contributed by atoms with Crippen molar-refractivity contribution < 1.29 is 19.4 Å². The van der Waals surface area contributed by atoms with Crippen LogP contribution in [0.4, 0.5) is 0 Å². The predicted molar refractivity (Wildman–Crippen MR) is 73.7 cm³/mol. The van der Waals surface area contributed by atoms with Gasteiger partial charge in [0.25, 0.3) is 5.91 Å². The lowest BCUT2D eigenvalue weighted by Crippen LogP contribution is -2.49. The van der Waals surface area contributed by atoms with Crippen LogP contribution in [0, 0.1) is 19.3 Å². The van der Waals surface area contributed by atoms with Crippen LogP contribution in [-0.4, -0.2) is 36.2 Å². The fraction of sp³-hybridized carbons (Fsp3) is 0.467. The van der Waals surface area contributed by atoms with Crippen LogP contribution in [-0.2, 0) is 9.53 Å². The first-order chi connectivity index (χ1) is 9.33. The van der Waals surface area contributed by atoms with Gasteiger partial charge in [0.05, 0.1) is 19.3 Å². The maximum absolute atomic E-state index is 12.3. The molecule has 2 N–H and O–H groups in total. The van der Waals surface area contributed by atoms with Crippen LogP contribution in [0.5, 0.6) is 0 Å². The standard InChI is InChI=1S/C15H19NO4/c1-9-4-10(2)6-11(5-9)13(17)16-12-7-20-8-15(12,3)14(18)19/h4-6,12H,7-8H2,1-3H3,(H,16,17)(H,18,19). The summed E-state index contributed by atoms with van der Waals surface area (Å²) in [5.74, 6) is -1.22. The van der Waals surface area contributed by atoms with Crippen LogP contribution in [0.1, 0.15) is 28.4 Å². The summed E-state index contributed by atoms with van der Waals surface area (Å²) in [6.45, 7) is 5.77. The molecule has 1 heterocycles. The molecular weight excluding hydrogens is 258 g/mol. The molecule has 1 aliphatic heterocycles. The lowest BCUT2D eigenvalue weighted by molar-refractivity contribution is -0.148. The summed E-state index contributed by atoms with van der Waals surface area (Å²) in [6, 6.07) is 5.04. The number of hydrogen-bond donors (Lipinski definition) is 2. The van der Waals surface area contributed by atoms with E-state index in [2.05, 4.69) is 5.32 Å². The van der Waals surface area contributed by atoms with E-state index in [-0.39, 0.29) is 19.1 Å². The molecule has 1 amide bonds. The first-order valence-corrected chi connectivity index (χ1v) is 6.53. The third kappa shape index (κ3) is 2.67. The maximum atomic E-state index is 12.3. The molecule has 2 rings (SSSR count). The number of carboxylic acids is 1. The van der Waals surface area contributed by atoms with Gasteiger partial charge >= 0.3 is 5.97 Å². The average Bonchev–Trinajstić information content (AvgIpc) is 2.71. The van der Waals surface area contributed by atoms with Gasteiger partial charge in [-0.05, 0) is 32.9 Å². The number of benzene rings is 1. The number of carboxylic acid groups (broad SMARTS) is 1. The summed E-state index contributed by atoms with van der Waals surface area (Å²) in [7, 11) is 0. The van der Waals surface area contributed by atoms with E-state index in [9.17, 15) is 14.7 Å². The molecule has 1 saturated heterocycles. The minimum atomic E-state index is -1.07. The van der Waals surface area contributed by atoms with Gasteiger partial charge in [-0.25, -0.2) is 0 Å². The Morgan fingerprint density at radius 3 is 2.45 bits per heavy atom. The molecule has 0 bridgehead atoms. The van der Waals surface area contributed by atoms with Crippen molar-refractivity contribution in [1.82, 2.24) is 5.32 Å². The molecule has 2 atom stereocenters. The monoisotopic (exact) mass is 277 g/mol. The zero-order chi connectivity index (χ0) is 14.9. The summed E-state index contributed by atoms with van der Waals surface area (Å²) >= 11 is 0. The summed E-state index contributed by atoms with van der Waals surface area (Å²) in [5.41, 5.74) is 1.47. The number of nitrogens with one attached hydrogen (secondary N) is 1. The highest BCUT2D eigenvalue weighted by molar-refractivity contribution is 5.95. The molecule has 0 radical (unpaired) electrons. The number of aryl methyl sites for hydroxylation is 2. The number of aliphatic carboxylic acids is 1. The Balaban J connectivity index is 2.17. The van der Waals surface area contributed by atoms with Crippen molar-refractivity contribution in [3.63, 3.8) is 0 Å². The Bertz CT molecular complexity index is 535. The molecule has 5 heteroatoms. The third-order valence-corrected chi connectivity index (χ3v) is 3.73. The van der Waals surface area contributed by atoms with Crippen molar-refractivity contribution in [1.29, 1.82) is 0 Å². The topological polar surface area (TPSA) is 75.6 Å². The largest absolute Gasteiger partial charge is 0.481 e. The fourth-order valence-corrected chi connectivity index (χ4v) is 2.43. The number of ether oxygens (including phenoxy) is 1. The Morgan fingerprint density at radius 1 is 1.30 bits per heavy atom. The Morgan fingerprint density at radius 2 is 1.90 bits per heavy atom. The molecule has 1 aromatic carbocycles. The van der Waals surface area contributed by atoms with E-state index in [4.69, 9.17) is 4.74 Å². The Labute approximate surface area is 117 Å². The first kappa shape index (κ1) is 14.5. The van der Waals surface area contributed by atoms with Gasteiger partial charge in [-0.1, -0.05) is 17.2 Å². The molecular formula is C15H19NO4. The summed E-state index contributed by atoms with van der Waals surface area (Å²) in [6.07, 6.45) is 0. The summed E-state index contributed by atoms with van der Waals surface area (Å²) < 4.78 is 5.22. The quantitative estimate of drug-likeness (QED) is 0.878. The highest BCUT2D eigenvalue weighted by atomic mass is 16.5. The third-order valence-electron chi connectivity index (χ3n) is 3.73. The van der Waals surface area contributed by atoms with Crippen molar-refractivity contribution in [3.05, 3.63) is 34.9 Å². The number of rotatable bonds is 3. The molecule has 108 valence electrons. The average molecular weight is 277 g/mol. The van der Waals surface area contributed by atoms with E-state index in [1.54, 1.807) is 19.1 Å². The lowest BCUT2D eigenvalue weighted by Gasteiger charge is -2.25. The fourth-order valence-electron chi connectivity index (χ4n) is 2.43. The minimum Gasteiger partial charge on any atom is -0.481 e. The van der Waals surface area contributed by atoms with Crippen molar-refractivity contribution in [2.75, 3.05) is 13.2 Å². The molecule has 2 unspecified atom stereocenters. The highest BCUT2D eigenvalue weighted by Gasteiger charge is 2.47. The highest BCUT2D eigenvalue weighted by Crippen LogP contribution is 2.29. The van der Waals surface area contributed by atoms with E-state index in [1.165, 1.54) is 0 Å². The Hall–Kier alpha value is -1.88. The van der Waals surface area contributed by atoms with E-state index < -0.39 is 17.4 Å². The molecule has 0 aromatic heterocycles. The second-order valence-corrected chi connectivity index (χ2v) is 5.64. The van der Waals surface area contributed by atoms with Crippen molar-refractivity contribution in [3.8, 4) is 0 Å². The predicted octanol–water partition coefficient (Wildman–Crippen LogP) is 1.52. The molecule has 5 nitrogen and oxygen atoms in total. The molecule has 0 spiro atoms. The van der Waals surface area contributed by atoms with Crippen molar-refractivity contribution >= 4 is 11.9 Å². The molecule has 0 aliphatic carbocycles. The number of hydrogen-bond acceptors (Lipinski definition) is 3. The van der Waals surface area contributed by atoms with Crippen molar-refractivity contribution in [2.45, 2.75) is 26.8 Å². The van der Waals surface area contributed by atoms with Crippen LogP contribution in [0.2, 0.25) is 0 Å². The first-order valence-electron chi connectivity index (χ1n) is 6.53. The van der Waals surface area contributed by atoms with Crippen LogP contribution in [0.15, 0.2) is 18.2 Å². The minimum absolute atomic E-state index is 0.111. The second-order valence-electron chi connectivity index (χ2n) is 5.64. The van der Waals surface area contributed by atoms with Gasteiger partial charge < -0.3 is 15.2 Å². The van der Waals surface area contributed by atoms with E-state index in [0.717, 1.165) is 11.1 Å². The van der Waals surface area contributed by atoms with Gasteiger partial charge in [-0.3, -0.25) is 9.59 Å². The molecule has 1 aromatic rings. The summed E-state index contributed by atoms with van der Waals surface area (Å²) in [5, 5.41) is 12.1.